The molecular weight excluding hydrogens is 444 g/mol. The smallest absolute Gasteiger partial charge is 0.407 e. The van der Waals surface area contributed by atoms with Crippen LogP contribution in [-0.4, -0.2) is 53.2 Å². The number of carboxylic acids is 1. The molecule has 0 aromatic heterocycles. The van der Waals surface area contributed by atoms with Gasteiger partial charge in [-0.05, 0) is 41.5 Å². The van der Waals surface area contributed by atoms with Crippen LogP contribution in [0.1, 0.15) is 68.9 Å². The third-order valence-corrected chi connectivity index (χ3v) is 7.10. The van der Waals surface area contributed by atoms with Crippen LogP contribution in [0.5, 0.6) is 0 Å². The summed E-state index contributed by atoms with van der Waals surface area (Å²) in [6, 6.07) is 15.8. The van der Waals surface area contributed by atoms with Gasteiger partial charge in [0.2, 0.25) is 5.91 Å². The summed E-state index contributed by atoms with van der Waals surface area (Å²) in [7, 11) is 0. The van der Waals surface area contributed by atoms with Gasteiger partial charge in [0, 0.05) is 31.0 Å². The zero-order valence-corrected chi connectivity index (χ0v) is 20.2. The third-order valence-electron chi connectivity index (χ3n) is 7.10. The Morgan fingerprint density at radius 2 is 1.74 bits per heavy atom. The molecule has 186 valence electrons. The number of alkyl carbamates (subject to hydrolysis) is 1. The monoisotopic (exact) mass is 478 g/mol. The summed E-state index contributed by atoms with van der Waals surface area (Å²) in [5.74, 6) is -1.02. The number of benzene rings is 2. The minimum atomic E-state index is -0.894. The highest BCUT2D eigenvalue weighted by atomic mass is 16.5. The number of aliphatic carboxylic acids is 1. The van der Waals surface area contributed by atoms with Gasteiger partial charge in [-0.15, -0.1) is 0 Å². The quantitative estimate of drug-likeness (QED) is 0.504. The van der Waals surface area contributed by atoms with Gasteiger partial charge in [0.1, 0.15) is 6.61 Å². The molecule has 0 saturated carbocycles. The van der Waals surface area contributed by atoms with Gasteiger partial charge in [-0.3, -0.25) is 9.59 Å². The molecule has 0 bridgehead atoms. The Kier molecular flexibility index (Phi) is 8.06. The van der Waals surface area contributed by atoms with Gasteiger partial charge in [0.05, 0.1) is 6.42 Å². The van der Waals surface area contributed by atoms with Crippen molar-refractivity contribution >= 4 is 18.0 Å². The predicted octanol–water partition coefficient (Wildman–Crippen LogP) is 4.94. The molecule has 1 unspecified atom stereocenters. The largest absolute Gasteiger partial charge is 0.481 e. The lowest BCUT2D eigenvalue weighted by molar-refractivity contribution is -0.140. The minimum absolute atomic E-state index is 0.0229. The van der Waals surface area contributed by atoms with Crippen molar-refractivity contribution in [3.63, 3.8) is 0 Å². The van der Waals surface area contributed by atoms with Gasteiger partial charge < -0.3 is 20.1 Å². The van der Waals surface area contributed by atoms with Crippen molar-refractivity contribution in [1.82, 2.24) is 10.2 Å². The number of unbranched alkanes of at least 4 members (excludes halogenated alkanes) is 1. The number of nitrogens with one attached hydrogen (secondary N) is 1. The normalized spacial score (nSPS) is 17.5. The maximum atomic E-state index is 13.0. The van der Waals surface area contributed by atoms with Gasteiger partial charge in [0.15, 0.2) is 0 Å². The average Bonchev–Trinajstić information content (AvgIpc) is 3.43. The summed E-state index contributed by atoms with van der Waals surface area (Å²) in [5.41, 5.74) is 4.64. The third kappa shape index (κ3) is 5.84. The van der Waals surface area contributed by atoms with Gasteiger partial charge in [-0.25, -0.2) is 4.79 Å². The number of carbonyl (C=O) groups excluding carboxylic acids is 2. The maximum Gasteiger partial charge on any atom is 0.407 e. The van der Waals surface area contributed by atoms with E-state index in [9.17, 15) is 14.4 Å². The summed E-state index contributed by atoms with van der Waals surface area (Å²) in [5, 5.41) is 12.1. The molecule has 2 aromatic carbocycles. The molecule has 1 fully saturated rings. The van der Waals surface area contributed by atoms with E-state index in [-0.39, 0.29) is 43.4 Å². The van der Waals surface area contributed by atoms with E-state index in [0.717, 1.165) is 30.4 Å². The first-order valence-corrected chi connectivity index (χ1v) is 12.6. The number of hydrogen-bond acceptors (Lipinski definition) is 4. The number of fused-ring (bicyclic) bond motifs is 3. The van der Waals surface area contributed by atoms with E-state index in [1.165, 1.54) is 11.1 Å². The van der Waals surface area contributed by atoms with Gasteiger partial charge >= 0.3 is 12.1 Å². The number of amides is 2. The Bertz CT molecular complexity index is 1020. The SMILES string of the molecule is CCCC[C@H](CC(=O)N1CCCC1CC(=O)O)NC(=O)OCC1c2ccccc2-c2ccccc21. The Balaban J connectivity index is 1.37. The number of ether oxygens (including phenoxy) is 1. The molecular formula is C28H34N2O5. The van der Waals surface area contributed by atoms with E-state index in [2.05, 4.69) is 36.5 Å². The topological polar surface area (TPSA) is 95.9 Å². The van der Waals surface area contributed by atoms with Crippen molar-refractivity contribution in [2.45, 2.75) is 69.9 Å². The first-order valence-electron chi connectivity index (χ1n) is 12.6. The van der Waals surface area contributed by atoms with Crippen molar-refractivity contribution in [2.24, 2.45) is 0 Å². The zero-order valence-electron chi connectivity index (χ0n) is 20.2. The molecule has 1 heterocycles. The van der Waals surface area contributed by atoms with Crippen molar-refractivity contribution < 1.29 is 24.2 Å². The molecule has 2 aliphatic rings. The van der Waals surface area contributed by atoms with Crippen LogP contribution in [0.15, 0.2) is 48.5 Å². The van der Waals surface area contributed by atoms with Crippen LogP contribution in [0.2, 0.25) is 0 Å². The van der Waals surface area contributed by atoms with Gasteiger partial charge in [-0.2, -0.15) is 0 Å². The summed E-state index contributed by atoms with van der Waals surface area (Å²) in [4.78, 5) is 38.6. The molecule has 2 atom stereocenters. The number of carboxylic acid groups (broad SMARTS) is 1. The van der Waals surface area contributed by atoms with E-state index in [0.29, 0.717) is 19.4 Å². The lowest BCUT2D eigenvalue weighted by Crippen LogP contribution is -2.43. The van der Waals surface area contributed by atoms with E-state index in [4.69, 9.17) is 9.84 Å². The van der Waals surface area contributed by atoms with Gasteiger partial charge in [-0.1, -0.05) is 68.3 Å². The predicted molar refractivity (Wildman–Crippen MR) is 133 cm³/mol. The molecule has 35 heavy (non-hydrogen) atoms. The van der Waals surface area contributed by atoms with E-state index in [1.54, 1.807) is 4.90 Å². The highest BCUT2D eigenvalue weighted by molar-refractivity contribution is 5.80. The number of nitrogens with zero attached hydrogens (tertiary/aromatic N) is 1. The highest BCUT2D eigenvalue weighted by Crippen LogP contribution is 2.44. The zero-order chi connectivity index (χ0) is 24.8. The molecule has 7 heteroatoms. The Morgan fingerprint density at radius 3 is 2.37 bits per heavy atom. The van der Waals surface area contributed by atoms with E-state index >= 15 is 0 Å². The average molecular weight is 479 g/mol. The Morgan fingerprint density at radius 1 is 1.09 bits per heavy atom. The van der Waals surface area contributed by atoms with Crippen molar-refractivity contribution in [3.05, 3.63) is 59.7 Å². The second kappa shape index (κ2) is 11.4. The second-order valence-electron chi connectivity index (χ2n) is 9.49. The summed E-state index contributed by atoms with van der Waals surface area (Å²) in [6.45, 7) is 2.86. The Labute approximate surface area is 206 Å². The molecule has 4 rings (SSSR count). The number of hydrogen-bond donors (Lipinski definition) is 2. The molecule has 0 spiro atoms. The molecule has 7 nitrogen and oxygen atoms in total. The first-order chi connectivity index (χ1) is 17.0. The molecule has 0 radical (unpaired) electrons. The summed E-state index contributed by atoms with van der Waals surface area (Å²) in [6.07, 6.45) is 3.60. The standard InChI is InChI=1S/C28H34N2O5/c1-2-3-9-19(16-26(31)30-15-8-10-20(30)17-27(32)33)29-28(34)35-18-25-23-13-6-4-11-21(23)22-12-5-7-14-24(22)25/h4-7,11-14,19-20,25H,2-3,8-10,15-18H2,1H3,(H,29,34)(H,32,33)/t19-,20?/m1/s1. The molecule has 2 aromatic rings. The molecule has 2 N–H and O–H groups in total. The van der Waals surface area contributed by atoms with Crippen molar-refractivity contribution in [1.29, 1.82) is 0 Å². The highest BCUT2D eigenvalue weighted by Gasteiger charge is 2.32. The number of likely N-dealkylation sites (tertiary alicyclic amines) is 1. The van der Waals surface area contributed by atoms with Crippen LogP contribution in [0, 0.1) is 0 Å². The number of rotatable bonds is 10. The molecule has 1 aliphatic carbocycles. The van der Waals surface area contributed by atoms with Crippen LogP contribution in [0.3, 0.4) is 0 Å². The molecule has 1 saturated heterocycles. The van der Waals surface area contributed by atoms with Crippen LogP contribution in [0.4, 0.5) is 4.79 Å². The van der Waals surface area contributed by atoms with E-state index in [1.807, 2.05) is 24.3 Å². The second-order valence-corrected chi connectivity index (χ2v) is 9.49. The maximum absolute atomic E-state index is 13.0. The lowest BCUT2D eigenvalue weighted by Gasteiger charge is -2.26. The lowest BCUT2D eigenvalue weighted by atomic mass is 9.98. The Hall–Kier alpha value is -3.35. The van der Waals surface area contributed by atoms with Crippen LogP contribution in [-0.2, 0) is 14.3 Å². The molecule has 2 amide bonds. The summed E-state index contributed by atoms with van der Waals surface area (Å²) >= 11 is 0. The summed E-state index contributed by atoms with van der Waals surface area (Å²) < 4.78 is 5.68. The first kappa shape index (κ1) is 24.8. The minimum Gasteiger partial charge on any atom is -0.481 e. The van der Waals surface area contributed by atoms with Crippen LogP contribution < -0.4 is 5.32 Å². The fourth-order valence-electron chi connectivity index (χ4n) is 5.39. The fraction of sp³-hybridized carbons (Fsp3) is 0.464. The van der Waals surface area contributed by atoms with Gasteiger partial charge in [0.25, 0.3) is 0 Å². The van der Waals surface area contributed by atoms with E-state index < -0.39 is 12.1 Å². The molecule has 1 aliphatic heterocycles. The van der Waals surface area contributed by atoms with Crippen molar-refractivity contribution in [2.75, 3.05) is 13.2 Å². The van der Waals surface area contributed by atoms with Crippen LogP contribution >= 0.6 is 0 Å². The van der Waals surface area contributed by atoms with Crippen molar-refractivity contribution in [3.8, 4) is 11.1 Å². The fourth-order valence-corrected chi connectivity index (χ4v) is 5.39. The van der Waals surface area contributed by atoms with Crippen LogP contribution in [0.25, 0.3) is 11.1 Å². The number of carbonyl (C=O) groups is 3.